The number of halogens is 5. The highest BCUT2D eigenvalue weighted by Crippen LogP contribution is 2.40. The fourth-order valence-electron chi connectivity index (χ4n) is 6.00. The summed E-state index contributed by atoms with van der Waals surface area (Å²) in [5.41, 5.74) is 8.58. The minimum absolute atomic E-state index is 0.0559. The molecular weight excluding hydrogens is 549 g/mol. The molecule has 9 nitrogen and oxygen atoms in total. The van der Waals surface area contributed by atoms with Gasteiger partial charge < -0.3 is 16.0 Å². The van der Waals surface area contributed by atoms with E-state index in [9.17, 15) is 31.5 Å². The van der Waals surface area contributed by atoms with E-state index in [1.165, 1.54) is 15.7 Å². The number of aromatic nitrogens is 3. The maximum Gasteiger partial charge on any atom is 0.272 e. The zero-order valence-corrected chi connectivity index (χ0v) is 21.9. The standard InChI is InChI=1S/C27H28F5N7O2/c28-19-10-38(25(41)17-4-5-26(29,30)8-17)11-20(19)36-24(40)16-3-1-2-15(6-16)21-7-18(9-37-12-27(31,32)13-37)22-23(33)34-14-35-39(21)22/h1-3,6-7,14,17,19-20H,4-5,8-13H2,(H,36,40)(H2,33,34,35)/t17?,19-,20+/m0/s1. The molecule has 3 N–H and O–H groups in total. The zero-order valence-electron chi connectivity index (χ0n) is 21.9. The summed E-state index contributed by atoms with van der Waals surface area (Å²) in [7, 11) is 0. The van der Waals surface area contributed by atoms with Gasteiger partial charge in [-0.15, -0.1) is 0 Å². The molecular formula is C27H28F5N7O2. The second-order valence-electron chi connectivity index (χ2n) is 11.2. The van der Waals surface area contributed by atoms with E-state index in [1.54, 1.807) is 35.2 Å². The quantitative estimate of drug-likeness (QED) is 0.436. The van der Waals surface area contributed by atoms with Gasteiger partial charge in [-0.3, -0.25) is 14.5 Å². The predicted molar refractivity (Wildman–Crippen MR) is 138 cm³/mol. The van der Waals surface area contributed by atoms with Crippen molar-refractivity contribution in [3.05, 3.63) is 47.8 Å². The lowest BCUT2D eigenvalue weighted by molar-refractivity contribution is -0.135. The molecule has 1 aliphatic carbocycles. The van der Waals surface area contributed by atoms with Gasteiger partial charge in [0.15, 0.2) is 5.82 Å². The van der Waals surface area contributed by atoms with Crippen LogP contribution in [-0.4, -0.2) is 86.4 Å². The molecule has 1 aromatic carbocycles. The van der Waals surface area contributed by atoms with Gasteiger partial charge >= 0.3 is 0 Å². The average molecular weight is 578 g/mol. The first-order chi connectivity index (χ1) is 19.4. The minimum atomic E-state index is -2.89. The number of likely N-dealkylation sites (tertiary alicyclic amines) is 2. The Balaban J connectivity index is 1.18. The number of carbonyl (C=O) groups excluding carboxylic acids is 2. The number of alkyl halides is 5. The van der Waals surface area contributed by atoms with Crippen molar-refractivity contribution in [2.24, 2.45) is 5.92 Å². The van der Waals surface area contributed by atoms with E-state index in [-0.39, 0.29) is 56.9 Å². The van der Waals surface area contributed by atoms with Crippen molar-refractivity contribution in [3.8, 4) is 11.3 Å². The maximum atomic E-state index is 14.8. The van der Waals surface area contributed by atoms with E-state index in [2.05, 4.69) is 15.4 Å². The summed E-state index contributed by atoms with van der Waals surface area (Å²) in [5.74, 6) is -7.36. The first kappa shape index (κ1) is 27.4. The number of benzene rings is 1. The van der Waals surface area contributed by atoms with E-state index in [0.717, 1.165) is 0 Å². The monoisotopic (exact) mass is 577 g/mol. The van der Waals surface area contributed by atoms with Crippen molar-refractivity contribution >= 4 is 23.1 Å². The van der Waals surface area contributed by atoms with Gasteiger partial charge in [0.05, 0.1) is 31.4 Å². The van der Waals surface area contributed by atoms with Gasteiger partial charge in [-0.25, -0.2) is 31.5 Å². The van der Waals surface area contributed by atoms with Gasteiger partial charge in [-0.1, -0.05) is 12.1 Å². The fraction of sp³-hybridized carbons (Fsp3) is 0.481. The third-order valence-electron chi connectivity index (χ3n) is 8.02. The van der Waals surface area contributed by atoms with Crippen LogP contribution in [0.2, 0.25) is 0 Å². The van der Waals surface area contributed by atoms with Crippen LogP contribution in [0, 0.1) is 5.92 Å². The Morgan fingerprint density at radius 3 is 2.59 bits per heavy atom. The molecule has 2 aromatic heterocycles. The molecule has 2 saturated heterocycles. The summed E-state index contributed by atoms with van der Waals surface area (Å²) in [6.45, 7) is -0.892. The summed E-state index contributed by atoms with van der Waals surface area (Å²) in [5, 5.41) is 6.91. The Morgan fingerprint density at radius 2 is 1.88 bits per heavy atom. The highest BCUT2D eigenvalue weighted by molar-refractivity contribution is 5.96. The van der Waals surface area contributed by atoms with Gasteiger partial charge in [0.25, 0.3) is 11.8 Å². The van der Waals surface area contributed by atoms with Crippen molar-refractivity contribution in [1.82, 2.24) is 29.7 Å². The van der Waals surface area contributed by atoms with Crippen molar-refractivity contribution in [3.63, 3.8) is 0 Å². The molecule has 1 saturated carbocycles. The van der Waals surface area contributed by atoms with Gasteiger partial charge in [0.1, 0.15) is 18.0 Å². The number of nitrogen functional groups attached to an aromatic ring is 1. The molecule has 218 valence electrons. The number of nitrogens with zero attached hydrogens (tertiary/aromatic N) is 5. The number of fused-ring (bicyclic) bond motifs is 1. The summed E-state index contributed by atoms with van der Waals surface area (Å²) in [4.78, 5) is 32.6. The van der Waals surface area contributed by atoms with Crippen molar-refractivity contribution in [1.29, 1.82) is 0 Å². The maximum absolute atomic E-state index is 14.8. The molecule has 6 rings (SSSR count). The lowest BCUT2D eigenvalue weighted by atomic mass is 10.1. The molecule has 2 aliphatic heterocycles. The minimum Gasteiger partial charge on any atom is -0.382 e. The van der Waals surface area contributed by atoms with E-state index >= 15 is 0 Å². The van der Waals surface area contributed by atoms with Crippen LogP contribution < -0.4 is 11.1 Å². The normalized spacial score (nSPS) is 25.4. The average Bonchev–Trinajstić information content (AvgIpc) is 3.58. The van der Waals surface area contributed by atoms with Crippen LogP contribution >= 0.6 is 0 Å². The summed E-state index contributed by atoms with van der Waals surface area (Å²) >= 11 is 0. The smallest absolute Gasteiger partial charge is 0.272 e. The van der Waals surface area contributed by atoms with Crippen LogP contribution in [0.3, 0.4) is 0 Å². The molecule has 3 aliphatic rings. The topological polar surface area (TPSA) is 109 Å². The second-order valence-corrected chi connectivity index (χ2v) is 11.2. The van der Waals surface area contributed by atoms with Gasteiger partial charge in [0, 0.05) is 43.0 Å². The van der Waals surface area contributed by atoms with Crippen LogP contribution in [0.1, 0.15) is 35.2 Å². The Kier molecular flexibility index (Phi) is 6.63. The number of rotatable bonds is 6. The van der Waals surface area contributed by atoms with Crippen molar-refractivity contribution in [2.45, 2.75) is 49.9 Å². The number of hydrogen-bond donors (Lipinski definition) is 2. The highest BCUT2D eigenvalue weighted by atomic mass is 19.3. The molecule has 4 heterocycles. The fourth-order valence-corrected chi connectivity index (χ4v) is 6.00. The number of amides is 2. The summed E-state index contributed by atoms with van der Waals surface area (Å²) in [6, 6.07) is 7.29. The van der Waals surface area contributed by atoms with Gasteiger partial charge in [0.2, 0.25) is 11.8 Å². The number of anilines is 1. The van der Waals surface area contributed by atoms with Crippen LogP contribution in [0.5, 0.6) is 0 Å². The zero-order chi connectivity index (χ0) is 29.1. The second kappa shape index (κ2) is 9.93. The van der Waals surface area contributed by atoms with Gasteiger partial charge in [-0.2, -0.15) is 5.10 Å². The Morgan fingerprint density at radius 1 is 1.10 bits per heavy atom. The Hall–Kier alpha value is -3.81. The molecule has 3 fully saturated rings. The number of hydrogen-bond acceptors (Lipinski definition) is 6. The molecule has 2 amide bonds. The van der Waals surface area contributed by atoms with E-state index in [4.69, 9.17) is 5.73 Å². The molecule has 14 heteroatoms. The Bertz CT molecular complexity index is 1500. The molecule has 0 spiro atoms. The predicted octanol–water partition coefficient (Wildman–Crippen LogP) is 3.14. The van der Waals surface area contributed by atoms with Crippen molar-refractivity contribution in [2.75, 3.05) is 31.9 Å². The SMILES string of the molecule is Nc1ncnn2c(-c3cccc(C(=O)N[C@@H]4CN(C(=O)C5CCC(F)(F)C5)C[C@@H]4F)c3)cc(CN3CC(F)(F)C3)c12. The van der Waals surface area contributed by atoms with Crippen molar-refractivity contribution < 1.29 is 31.5 Å². The van der Waals surface area contributed by atoms with Crippen LogP contribution in [-0.2, 0) is 11.3 Å². The van der Waals surface area contributed by atoms with Crippen LogP contribution in [0.15, 0.2) is 36.7 Å². The Labute approximate surface area is 231 Å². The highest BCUT2D eigenvalue weighted by Gasteiger charge is 2.46. The van der Waals surface area contributed by atoms with E-state index < -0.39 is 48.2 Å². The summed E-state index contributed by atoms with van der Waals surface area (Å²) < 4.78 is 70.3. The number of nitrogens with one attached hydrogen (secondary N) is 1. The number of carbonyl (C=O) groups is 2. The number of nitrogens with two attached hydrogens (primary N) is 1. The lowest BCUT2D eigenvalue weighted by Gasteiger charge is -2.38. The van der Waals surface area contributed by atoms with Crippen LogP contribution in [0.4, 0.5) is 27.8 Å². The summed E-state index contributed by atoms with van der Waals surface area (Å²) in [6.07, 6.45) is -1.12. The first-order valence-corrected chi connectivity index (χ1v) is 13.3. The molecule has 0 bridgehead atoms. The third kappa shape index (κ3) is 5.32. The lowest BCUT2D eigenvalue weighted by Crippen LogP contribution is -2.55. The molecule has 3 aromatic rings. The third-order valence-corrected chi connectivity index (χ3v) is 8.02. The van der Waals surface area contributed by atoms with E-state index in [0.29, 0.717) is 22.3 Å². The van der Waals surface area contributed by atoms with E-state index in [1.807, 2.05) is 0 Å². The molecule has 0 radical (unpaired) electrons. The van der Waals surface area contributed by atoms with Crippen LogP contribution in [0.25, 0.3) is 16.8 Å². The largest absolute Gasteiger partial charge is 0.382 e. The molecule has 41 heavy (non-hydrogen) atoms. The molecule has 3 atom stereocenters. The molecule has 1 unspecified atom stereocenters. The first-order valence-electron chi connectivity index (χ1n) is 13.3. The van der Waals surface area contributed by atoms with Gasteiger partial charge in [-0.05, 0) is 30.2 Å².